The number of hydrogen-bond acceptors (Lipinski definition) is 3. The molecule has 0 radical (unpaired) electrons. The van der Waals surface area contributed by atoms with Crippen molar-refractivity contribution in [3.63, 3.8) is 0 Å². The minimum atomic E-state index is -0.401. The second-order valence-electron chi connectivity index (χ2n) is 4.77. The Bertz CT molecular complexity index is 704. The number of aryl methyl sites for hydroxylation is 1. The number of hydrogen-bond donors (Lipinski definition) is 2. The Balaban J connectivity index is 2.54. The second-order valence-corrected chi connectivity index (χ2v) is 4.77. The maximum absolute atomic E-state index is 12.4. The third kappa shape index (κ3) is 2.39. The summed E-state index contributed by atoms with van der Waals surface area (Å²) in [6, 6.07) is 7.13. The summed E-state index contributed by atoms with van der Waals surface area (Å²) in [5.41, 5.74) is 6.39. The molecule has 0 saturated heterocycles. The molecule has 3 N–H and O–H groups in total. The molecule has 2 rings (SSSR count). The predicted octanol–water partition coefficient (Wildman–Crippen LogP) is 1.65. The van der Waals surface area contributed by atoms with Gasteiger partial charge in [-0.15, -0.1) is 0 Å². The molecule has 1 aromatic carbocycles. The number of nitrogens with two attached hydrogens (primary N) is 1. The van der Waals surface area contributed by atoms with E-state index in [2.05, 4.69) is 5.32 Å². The number of unbranched alkanes of at least 4 members (excludes halogenated alkanes) is 1. The molecule has 0 aliphatic heterocycles. The average Bonchev–Trinajstić information content (AvgIpc) is 2.45. The third-order valence-corrected chi connectivity index (χ3v) is 3.40. The zero-order valence-corrected chi connectivity index (χ0v) is 11.8. The van der Waals surface area contributed by atoms with E-state index < -0.39 is 5.91 Å². The number of carbonyl (C=O) groups is 1. The van der Waals surface area contributed by atoms with E-state index in [1.807, 2.05) is 19.1 Å². The van der Waals surface area contributed by atoms with Crippen LogP contribution < -0.4 is 16.5 Å². The van der Waals surface area contributed by atoms with E-state index in [1.165, 1.54) is 0 Å². The van der Waals surface area contributed by atoms with Crippen LogP contribution in [0.5, 0.6) is 0 Å². The highest BCUT2D eigenvalue weighted by Gasteiger charge is 2.18. The number of nitrogens with zero attached hydrogens (tertiary/aromatic N) is 1. The van der Waals surface area contributed by atoms with Crippen molar-refractivity contribution < 1.29 is 4.79 Å². The van der Waals surface area contributed by atoms with E-state index in [-0.39, 0.29) is 16.8 Å². The number of rotatable bonds is 4. The van der Waals surface area contributed by atoms with Gasteiger partial charge in [-0.25, -0.2) is 0 Å². The summed E-state index contributed by atoms with van der Waals surface area (Å²) in [7, 11) is 1.75. The average molecular weight is 273 g/mol. The van der Waals surface area contributed by atoms with Gasteiger partial charge in [-0.05, 0) is 18.6 Å². The van der Waals surface area contributed by atoms with Crippen LogP contribution in [0.2, 0.25) is 0 Å². The number of anilines is 1. The Morgan fingerprint density at radius 2 is 2.05 bits per heavy atom. The van der Waals surface area contributed by atoms with Gasteiger partial charge in [0.1, 0.15) is 11.4 Å². The van der Waals surface area contributed by atoms with E-state index in [1.54, 1.807) is 23.7 Å². The van der Waals surface area contributed by atoms with Crippen molar-refractivity contribution in [2.75, 3.05) is 12.3 Å². The Morgan fingerprint density at radius 1 is 1.35 bits per heavy atom. The van der Waals surface area contributed by atoms with Gasteiger partial charge in [0.05, 0.1) is 5.52 Å². The highest BCUT2D eigenvalue weighted by atomic mass is 16.2. The molecular formula is C15H19N3O2. The summed E-state index contributed by atoms with van der Waals surface area (Å²) in [4.78, 5) is 24.6. The standard InChI is InChI=1S/C15H19N3O2/c1-3-4-9-17-15(20)12-13(19)10-7-5-6-8-11(10)18(2)14(12)16/h5-8H,3-4,9,16H2,1-2H3,(H,17,20). The van der Waals surface area contributed by atoms with Crippen molar-refractivity contribution in [2.45, 2.75) is 19.8 Å². The smallest absolute Gasteiger partial charge is 0.258 e. The minimum absolute atomic E-state index is 0.0299. The molecule has 1 aromatic heterocycles. The third-order valence-electron chi connectivity index (χ3n) is 3.40. The van der Waals surface area contributed by atoms with Crippen LogP contribution in [0.25, 0.3) is 10.9 Å². The Morgan fingerprint density at radius 3 is 2.75 bits per heavy atom. The Kier molecular flexibility index (Phi) is 4.08. The van der Waals surface area contributed by atoms with Crippen LogP contribution in [0.1, 0.15) is 30.1 Å². The number of carbonyl (C=O) groups excluding carboxylic acids is 1. The maximum atomic E-state index is 12.4. The monoisotopic (exact) mass is 273 g/mol. The van der Waals surface area contributed by atoms with Crippen LogP contribution >= 0.6 is 0 Å². The first-order chi connectivity index (χ1) is 9.57. The minimum Gasteiger partial charge on any atom is -0.384 e. The highest BCUT2D eigenvalue weighted by Crippen LogP contribution is 2.16. The molecule has 0 aliphatic rings. The topological polar surface area (TPSA) is 77.1 Å². The fourth-order valence-electron chi connectivity index (χ4n) is 2.19. The first-order valence-corrected chi connectivity index (χ1v) is 6.73. The molecule has 106 valence electrons. The number of amides is 1. The van der Waals surface area contributed by atoms with Crippen LogP contribution in [0.15, 0.2) is 29.1 Å². The van der Waals surface area contributed by atoms with Crippen molar-refractivity contribution in [2.24, 2.45) is 7.05 Å². The number of nitrogen functional groups attached to an aromatic ring is 1. The molecule has 0 unspecified atom stereocenters. The van der Waals surface area contributed by atoms with Crippen molar-refractivity contribution in [3.05, 3.63) is 40.1 Å². The SMILES string of the molecule is CCCCNC(=O)c1c(N)n(C)c2ccccc2c1=O. The Hall–Kier alpha value is -2.30. The van der Waals surface area contributed by atoms with E-state index in [9.17, 15) is 9.59 Å². The van der Waals surface area contributed by atoms with Gasteiger partial charge in [0, 0.05) is 19.0 Å². The lowest BCUT2D eigenvalue weighted by Crippen LogP contribution is -2.32. The summed E-state index contributed by atoms with van der Waals surface area (Å²) in [6.07, 6.45) is 1.85. The number of benzene rings is 1. The summed E-state index contributed by atoms with van der Waals surface area (Å²) < 4.78 is 1.67. The first-order valence-electron chi connectivity index (χ1n) is 6.73. The molecule has 20 heavy (non-hydrogen) atoms. The molecule has 5 nitrogen and oxygen atoms in total. The van der Waals surface area contributed by atoms with Crippen molar-refractivity contribution in [1.82, 2.24) is 9.88 Å². The molecule has 0 atom stereocenters. The van der Waals surface area contributed by atoms with Crippen LogP contribution in [0, 0.1) is 0 Å². The lowest BCUT2D eigenvalue weighted by atomic mass is 10.1. The fourth-order valence-corrected chi connectivity index (χ4v) is 2.19. The highest BCUT2D eigenvalue weighted by molar-refractivity contribution is 6.01. The predicted molar refractivity (Wildman–Crippen MR) is 80.8 cm³/mol. The number of para-hydroxylation sites is 1. The summed E-state index contributed by atoms with van der Waals surface area (Å²) >= 11 is 0. The normalized spacial score (nSPS) is 10.7. The number of fused-ring (bicyclic) bond motifs is 1. The number of aromatic nitrogens is 1. The number of pyridine rings is 1. The van der Waals surface area contributed by atoms with E-state index in [4.69, 9.17) is 5.73 Å². The number of nitrogens with one attached hydrogen (secondary N) is 1. The van der Waals surface area contributed by atoms with Crippen LogP contribution in [0.4, 0.5) is 5.82 Å². The van der Waals surface area contributed by atoms with E-state index in [0.29, 0.717) is 11.9 Å². The molecule has 5 heteroatoms. The first kappa shape index (κ1) is 14.1. The molecule has 0 saturated carbocycles. The van der Waals surface area contributed by atoms with Gasteiger partial charge in [-0.1, -0.05) is 25.5 Å². The molecule has 0 aliphatic carbocycles. The summed E-state index contributed by atoms with van der Waals surface area (Å²) in [6.45, 7) is 2.58. The Labute approximate surface area is 117 Å². The van der Waals surface area contributed by atoms with E-state index in [0.717, 1.165) is 18.4 Å². The van der Waals surface area contributed by atoms with Crippen molar-refractivity contribution >= 4 is 22.6 Å². The molecule has 0 fully saturated rings. The maximum Gasteiger partial charge on any atom is 0.258 e. The molecule has 1 amide bonds. The van der Waals surface area contributed by atoms with E-state index >= 15 is 0 Å². The van der Waals surface area contributed by atoms with Crippen LogP contribution in [0.3, 0.4) is 0 Å². The van der Waals surface area contributed by atoms with Gasteiger partial charge in [0.25, 0.3) is 5.91 Å². The zero-order chi connectivity index (χ0) is 14.7. The van der Waals surface area contributed by atoms with Gasteiger partial charge in [-0.3, -0.25) is 9.59 Å². The van der Waals surface area contributed by atoms with Crippen LogP contribution in [-0.4, -0.2) is 17.0 Å². The van der Waals surface area contributed by atoms with Gasteiger partial charge in [0.15, 0.2) is 0 Å². The zero-order valence-electron chi connectivity index (χ0n) is 11.8. The molecule has 1 heterocycles. The van der Waals surface area contributed by atoms with Gasteiger partial charge >= 0.3 is 0 Å². The molecule has 2 aromatic rings. The van der Waals surface area contributed by atoms with Crippen molar-refractivity contribution in [3.8, 4) is 0 Å². The largest absolute Gasteiger partial charge is 0.384 e. The summed E-state index contributed by atoms with van der Waals surface area (Å²) in [5.74, 6) is -0.204. The van der Waals surface area contributed by atoms with Gasteiger partial charge in [-0.2, -0.15) is 0 Å². The lowest BCUT2D eigenvalue weighted by molar-refractivity contribution is 0.0952. The molecule has 0 bridgehead atoms. The summed E-state index contributed by atoms with van der Waals surface area (Å²) in [5, 5.41) is 3.25. The lowest BCUT2D eigenvalue weighted by Gasteiger charge is -2.13. The second kappa shape index (κ2) is 5.77. The van der Waals surface area contributed by atoms with Gasteiger partial charge < -0.3 is 15.6 Å². The molecular weight excluding hydrogens is 254 g/mol. The van der Waals surface area contributed by atoms with Crippen molar-refractivity contribution in [1.29, 1.82) is 0 Å². The fraction of sp³-hybridized carbons (Fsp3) is 0.333. The van der Waals surface area contributed by atoms with Gasteiger partial charge in [0.2, 0.25) is 5.43 Å². The quantitative estimate of drug-likeness (QED) is 0.831. The van der Waals surface area contributed by atoms with Crippen LogP contribution in [-0.2, 0) is 7.05 Å². The molecule has 0 spiro atoms.